The van der Waals surface area contributed by atoms with Gasteiger partial charge in [0.25, 0.3) is 5.91 Å². The van der Waals surface area contributed by atoms with Gasteiger partial charge in [0, 0.05) is 0 Å². The zero-order valence-corrected chi connectivity index (χ0v) is 9.60. The first kappa shape index (κ1) is 12.4. The van der Waals surface area contributed by atoms with E-state index >= 15 is 0 Å². The van der Waals surface area contributed by atoms with E-state index < -0.39 is 12.3 Å². The van der Waals surface area contributed by atoms with E-state index in [0.29, 0.717) is 0 Å². The van der Waals surface area contributed by atoms with Gasteiger partial charge >= 0.3 is 6.43 Å². The van der Waals surface area contributed by atoms with Crippen LogP contribution in [0.25, 0.3) is 5.69 Å². The van der Waals surface area contributed by atoms with Crippen LogP contribution in [-0.4, -0.2) is 27.1 Å². The number of carbonyl (C=O) groups is 1. The SMILES string of the molecule is O=C(Nc1cccc(Cl)c1-n1cncn1)C(F)F. The zero-order chi connectivity index (χ0) is 13.1. The minimum Gasteiger partial charge on any atom is -0.319 e. The number of hydrogen-bond acceptors (Lipinski definition) is 3. The summed E-state index contributed by atoms with van der Waals surface area (Å²) < 4.78 is 25.7. The Kier molecular flexibility index (Phi) is 3.52. The number of halogens is 3. The Balaban J connectivity index is 2.42. The molecule has 1 amide bonds. The molecule has 0 saturated carbocycles. The Hall–Kier alpha value is -2.02. The van der Waals surface area contributed by atoms with Crippen molar-refractivity contribution >= 4 is 23.2 Å². The maximum atomic E-state index is 12.2. The van der Waals surface area contributed by atoms with E-state index in [1.165, 1.54) is 29.5 Å². The standard InChI is InChI=1S/C10H7ClF2N4O/c11-6-2-1-3-7(16-10(18)9(12)13)8(6)17-5-14-4-15-17/h1-5,9H,(H,16,18). The molecule has 0 bridgehead atoms. The topological polar surface area (TPSA) is 59.8 Å². The number of para-hydroxylation sites is 1. The Labute approximate surface area is 105 Å². The Morgan fingerprint density at radius 1 is 1.44 bits per heavy atom. The molecule has 0 aliphatic rings. The molecule has 8 heteroatoms. The number of rotatable bonds is 3. The Morgan fingerprint density at radius 3 is 2.83 bits per heavy atom. The van der Waals surface area contributed by atoms with Gasteiger partial charge in [0.2, 0.25) is 0 Å². The van der Waals surface area contributed by atoms with Gasteiger partial charge in [-0.1, -0.05) is 17.7 Å². The fraction of sp³-hybridized carbons (Fsp3) is 0.100. The van der Waals surface area contributed by atoms with E-state index in [1.54, 1.807) is 6.07 Å². The third kappa shape index (κ3) is 2.45. The minimum absolute atomic E-state index is 0.137. The molecule has 0 aliphatic heterocycles. The van der Waals surface area contributed by atoms with Crippen molar-refractivity contribution in [1.29, 1.82) is 0 Å². The molecule has 0 unspecified atom stereocenters. The smallest absolute Gasteiger partial charge is 0.315 e. The summed E-state index contributed by atoms with van der Waals surface area (Å²) in [5.74, 6) is -1.40. The van der Waals surface area contributed by atoms with Crippen LogP contribution in [0.1, 0.15) is 0 Å². The predicted octanol–water partition coefficient (Wildman–Crippen LogP) is 2.12. The van der Waals surface area contributed by atoms with Crippen LogP contribution in [0, 0.1) is 0 Å². The molecule has 0 radical (unpaired) electrons. The van der Waals surface area contributed by atoms with Gasteiger partial charge < -0.3 is 5.32 Å². The molecule has 0 saturated heterocycles. The molecule has 0 fully saturated rings. The Bertz CT molecular complexity index is 559. The lowest BCUT2D eigenvalue weighted by atomic mass is 10.2. The minimum atomic E-state index is -3.10. The molecule has 2 aromatic rings. The number of nitrogens with zero attached hydrogens (tertiary/aromatic N) is 3. The fourth-order valence-corrected chi connectivity index (χ4v) is 1.62. The number of alkyl halides is 2. The fourth-order valence-electron chi connectivity index (χ4n) is 1.36. The molecule has 0 spiro atoms. The van der Waals surface area contributed by atoms with E-state index in [2.05, 4.69) is 15.4 Å². The number of aromatic nitrogens is 3. The molecular weight excluding hydrogens is 266 g/mol. The number of hydrogen-bond donors (Lipinski definition) is 1. The molecule has 1 N–H and O–H groups in total. The van der Waals surface area contributed by atoms with Crippen molar-refractivity contribution in [3.8, 4) is 5.69 Å². The van der Waals surface area contributed by atoms with Crippen molar-refractivity contribution in [1.82, 2.24) is 14.8 Å². The van der Waals surface area contributed by atoms with Crippen molar-refractivity contribution in [3.63, 3.8) is 0 Å². The summed E-state index contributed by atoms with van der Waals surface area (Å²) in [6.45, 7) is 0. The summed E-state index contributed by atoms with van der Waals surface area (Å²) in [4.78, 5) is 14.7. The molecular formula is C10H7ClF2N4O. The maximum absolute atomic E-state index is 12.2. The van der Waals surface area contributed by atoms with Gasteiger partial charge in [-0.3, -0.25) is 4.79 Å². The van der Waals surface area contributed by atoms with E-state index in [-0.39, 0.29) is 16.4 Å². The van der Waals surface area contributed by atoms with Gasteiger partial charge in [-0.2, -0.15) is 13.9 Å². The van der Waals surface area contributed by atoms with E-state index in [4.69, 9.17) is 11.6 Å². The zero-order valence-electron chi connectivity index (χ0n) is 8.85. The van der Waals surface area contributed by atoms with Crippen LogP contribution in [0.4, 0.5) is 14.5 Å². The monoisotopic (exact) mass is 272 g/mol. The number of anilines is 1. The number of nitrogens with one attached hydrogen (secondary N) is 1. The van der Waals surface area contributed by atoms with E-state index in [1.807, 2.05) is 0 Å². The van der Waals surface area contributed by atoms with Crippen LogP contribution in [0.5, 0.6) is 0 Å². The third-order valence-electron chi connectivity index (χ3n) is 2.09. The predicted molar refractivity (Wildman–Crippen MR) is 61.0 cm³/mol. The highest BCUT2D eigenvalue weighted by molar-refractivity contribution is 6.33. The molecule has 0 atom stereocenters. The lowest BCUT2D eigenvalue weighted by Crippen LogP contribution is -2.21. The van der Waals surface area contributed by atoms with Crippen LogP contribution in [-0.2, 0) is 4.79 Å². The first-order valence-electron chi connectivity index (χ1n) is 4.82. The van der Waals surface area contributed by atoms with Crippen molar-refractivity contribution < 1.29 is 13.6 Å². The molecule has 1 heterocycles. The Morgan fingerprint density at radius 2 is 2.22 bits per heavy atom. The third-order valence-corrected chi connectivity index (χ3v) is 2.40. The molecule has 1 aromatic carbocycles. The second kappa shape index (κ2) is 5.09. The van der Waals surface area contributed by atoms with Gasteiger partial charge in [0.05, 0.1) is 10.7 Å². The first-order chi connectivity index (χ1) is 8.59. The van der Waals surface area contributed by atoms with Gasteiger partial charge in [0.1, 0.15) is 18.3 Å². The normalized spacial score (nSPS) is 10.7. The average Bonchev–Trinajstić information content (AvgIpc) is 2.82. The largest absolute Gasteiger partial charge is 0.319 e. The highest BCUT2D eigenvalue weighted by atomic mass is 35.5. The van der Waals surface area contributed by atoms with Gasteiger partial charge in [-0.15, -0.1) is 0 Å². The molecule has 94 valence electrons. The van der Waals surface area contributed by atoms with Crippen LogP contribution < -0.4 is 5.32 Å². The number of benzene rings is 1. The van der Waals surface area contributed by atoms with Gasteiger partial charge in [-0.25, -0.2) is 9.67 Å². The van der Waals surface area contributed by atoms with Gasteiger partial charge in [0.15, 0.2) is 0 Å². The van der Waals surface area contributed by atoms with Crippen molar-refractivity contribution in [2.75, 3.05) is 5.32 Å². The van der Waals surface area contributed by atoms with Crippen LogP contribution in [0.2, 0.25) is 5.02 Å². The van der Waals surface area contributed by atoms with Crippen molar-refractivity contribution in [2.45, 2.75) is 6.43 Å². The van der Waals surface area contributed by atoms with Crippen LogP contribution in [0.3, 0.4) is 0 Å². The second-order valence-electron chi connectivity index (χ2n) is 3.27. The number of amides is 1. The molecule has 18 heavy (non-hydrogen) atoms. The average molecular weight is 273 g/mol. The summed E-state index contributed by atoms with van der Waals surface area (Å²) in [5.41, 5.74) is 0.420. The first-order valence-corrected chi connectivity index (χ1v) is 5.20. The quantitative estimate of drug-likeness (QED) is 0.931. The molecule has 0 aliphatic carbocycles. The van der Waals surface area contributed by atoms with Crippen molar-refractivity contribution in [2.24, 2.45) is 0 Å². The maximum Gasteiger partial charge on any atom is 0.315 e. The van der Waals surface area contributed by atoms with Gasteiger partial charge in [-0.05, 0) is 12.1 Å². The summed E-state index contributed by atoms with van der Waals surface area (Å²) in [6.07, 6.45) is -0.492. The summed E-state index contributed by atoms with van der Waals surface area (Å²) in [5, 5.41) is 6.18. The lowest BCUT2D eigenvalue weighted by molar-refractivity contribution is -0.126. The van der Waals surface area contributed by atoms with E-state index in [0.717, 1.165) is 0 Å². The summed E-state index contributed by atoms with van der Waals surface area (Å²) >= 11 is 5.96. The molecule has 5 nitrogen and oxygen atoms in total. The molecule has 2 rings (SSSR count). The highest BCUT2D eigenvalue weighted by Gasteiger charge is 2.18. The van der Waals surface area contributed by atoms with Crippen LogP contribution >= 0.6 is 11.6 Å². The highest BCUT2D eigenvalue weighted by Crippen LogP contribution is 2.27. The summed E-state index contributed by atoms with van der Waals surface area (Å²) in [7, 11) is 0. The van der Waals surface area contributed by atoms with Crippen molar-refractivity contribution in [3.05, 3.63) is 35.9 Å². The summed E-state index contributed by atoms with van der Waals surface area (Å²) in [6, 6.07) is 4.53. The molecule has 1 aromatic heterocycles. The lowest BCUT2D eigenvalue weighted by Gasteiger charge is -2.11. The van der Waals surface area contributed by atoms with Crippen LogP contribution in [0.15, 0.2) is 30.9 Å². The second-order valence-corrected chi connectivity index (χ2v) is 3.67. The number of carbonyl (C=O) groups excluding carboxylic acids is 1. The van der Waals surface area contributed by atoms with E-state index in [9.17, 15) is 13.6 Å².